The average Bonchev–Trinajstić information content (AvgIpc) is 3.20. The van der Waals surface area contributed by atoms with E-state index in [1.165, 1.54) is 6.92 Å². The summed E-state index contributed by atoms with van der Waals surface area (Å²) in [6, 6.07) is -0.856. The molecule has 25 heavy (non-hydrogen) atoms. The van der Waals surface area contributed by atoms with E-state index in [4.69, 9.17) is 4.74 Å². The van der Waals surface area contributed by atoms with Crippen LogP contribution in [0.4, 0.5) is 0 Å². The van der Waals surface area contributed by atoms with Crippen LogP contribution in [0, 0.1) is 11.8 Å². The fourth-order valence-corrected chi connectivity index (χ4v) is 3.91. The Kier molecular flexibility index (Phi) is 5.20. The molecule has 3 rings (SSSR count). The van der Waals surface area contributed by atoms with Crippen molar-refractivity contribution in [3.8, 4) is 0 Å². The quantitative estimate of drug-likeness (QED) is 0.453. The third kappa shape index (κ3) is 3.60. The predicted octanol–water partition coefficient (Wildman–Crippen LogP) is 0.928. The molecule has 0 aromatic heterocycles. The number of carbonyl (C=O) groups is 4. The van der Waals surface area contributed by atoms with Crippen LogP contribution >= 0.6 is 0 Å². The lowest BCUT2D eigenvalue weighted by molar-refractivity contribution is -0.159. The molecule has 2 aliphatic carbocycles. The third-order valence-corrected chi connectivity index (χ3v) is 5.34. The molecule has 136 valence electrons. The molecule has 3 atom stereocenters. The zero-order valence-corrected chi connectivity index (χ0v) is 14.4. The number of hydrogen-bond donors (Lipinski definition) is 1. The Bertz CT molecular complexity index is 583. The van der Waals surface area contributed by atoms with Gasteiger partial charge in [-0.2, -0.15) is 0 Å². The van der Waals surface area contributed by atoms with Gasteiger partial charge < -0.3 is 10.1 Å². The molecule has 7 heteroatoms. The highest BCUT2D eigenvalue weighted by molar-refractivity contribution is 6.08. The molecule has 0 aromatic carbocycles. The van der Waals surface area contributed by atoms with Crippen LogP contribution in [0.3, 0.4) is 0 Å². The van der Waals surface area contributed by atoms with Gasteiger partial charge in [0.2, 0.25) is 11.8 Å². The summed E-state index contributed by atoms with van der Waals surface area (Å²) in [6.45, 7) is 1.09. The molecule has 0 radical (unpaired) electrons. The lowest BCUT2D eigenvalue weighted by Crippen LogP contribution is -2.45. The van der Waals surface area contributed by atoms with Crippen molar-refractivity contribution < 1.29 is 23.9 Å². The topological polar surface area (TPSA) is 92.8 Å². The van der Waals surface area contributed by atoms with Gasteiger partial charge in [0.1, 0.15) is 6.04 Å². The molecule has 1 saturated carbocycles. The molecule has 3 amide bonds. The molecule has 2 fully saturated rings. The lowest BCUT2D eigenvalue weighted by Gasteiger charge is -2.21. The van der Waals surface area contributed by atoms with Crippen molar-refractivity contribution in [2.45, 2.75) is 57.5 Å². The first-order valence-corrected chi connectivity index (χ1v) is 8.97. The van der Waals surface area contributed by atoms with Gasteiger partial charge in [-0.25, -0.2) is 4.79 Å². The van der Waals surface area contributed by atoms with Crippen LogP contribution in [0.2, 0.25) is 0 Å². The predicted molar refractivity (Wildman–Crippen MR) is 88.0 cm³/mol. The van der Waals surface area contributed by atoms with Gasteiger partial charge in [0.05, 0.1) is 11.8 Å². The molecule has 1 aliphatic heterocycles. The normalized spacial score (nSPS) is 27.3. The summed E-state index contributed by atoms with van der Waals surface area (Å²) in [5, 5.41) is 2.83. The SMILES string of the molecule is C[C@@H](C(=O)OCC(=O)NC1CCCC1)N1C(=O)[C@H]2CC=CC[C@H]2C1=O. The first-order chi connectivity index (χ1) is 12.0. The Morgan fingerprint density at radius 3 is 2.28 bits per heavy atom. The highest BCUT2D eigenvalue weighted by Crippen LogP contribution is 2.36. The Morgan fingerprint density at radius 1 is 1.16 bits per heavy atom. The van der Waals surface area contributed by atoms with E-state index in [2.05, 4.69) is 5.32 Å². The van der Waals surface area contributed by atoms with E-state index < -0.39 is 12.0 Å². The maximum Gasteiger partial charge on any atom is 0.329 e. The van der Waals surface area contributed by atoms with Crippen LogP contribution < -0.4 is 5.32 Å². The van der Waals surface area contributed by atoms with E-state index in [9.17, 15) is 19.2 Å². The minimum Gasteiger partial charge on any atom is -0.454 e. The van der Waals surface area contributed by atoms with Crippen molar-refractivity contribution >= 4 is 23.7 Å². The average molecular weight is 348 g/mol. The smallest absolute Gasteiger partial charge is 0.329 e. The van der Waals surface area contributed by atoms with Crippen molar-refractivity contribution in [2.24, 2.45) is 11.8 Å². The highest BCUT2D eigenvalue weighted by atomic mass is 16.5. The van der Waals surface area contributed by atoms with Crippen LogP contribution in [0.25, 0.3) is 0 Å². The van der Waals surface area contributed by atoms with Crippen molar-refractivity contribution in [1.29, 1.82) is 0 Å². The number of likely N-dealkylation sites (tertiary alicyclic amines) is 1. The second-order valence-corrected chi connectivity index (χ2v) is 7.03. The number of rotatable bonds is 5. The molecule has 0 unspecified atom stereocenters. The molecule has 1 heterocycles. The standard InChI is InChI=1S/C18H24N2O5/c1-11(18(24)25-10-15(21)19-12-6-2-3-7-12)20-16(22)13-8-4-5-9-14(13)17(20)23/h4-5,11-14H,2-3,6-10H2,1H3,(H,19,21)/t11-,13-,14+/m0/s1. The second kappa shape index (κ2) is 7.37. The summed E-state index contributed by atoms with van der Waals surface area (Å²) in [5.74, 6) is -2.46. The highest BCUT2D eigenvalue weighted by Gasteiger charge is 2.50. The third-order valence-electron chi connectivity index (χ3n) is 5.34. The maximum absolute atomic E-state index is 12.4. The Morgan fingerprint density at radius 2 is 1.72 bits per heavy atom. The summed E-state index contributed by atoms with van der Waals surface area (Å²) in [5.41, 5.74) is 0. The molecule has 0 aromatic rings. The monoisotopic (exact) mass is 348 g/mol. The first-order valence-electron chi connectivity index (χ1n) is 8.97. The van der Waals surface area contributed by atoms with Gasteiger partial charge in [-0.3, -0.25) is 19.3 Å². The fraction of sp³-hybridized carbons (Fsp3) is 0.667. The number of nitrogens with one attached hydrogen (secondary N) is 1. The van der Waals surface area contributed by atoms with Crippen molar-refractivity contribution in [3.63, 3.8) is 0 Å². The van der Waals surface area contributed by atoms with Crippen molar-refractivity contribution in [2.75, 3.05) is 6.61 Å². The number of nitrogens with zero attached hydrogens (tertiary/aromatic N) is 1. The summed E-state index contributed by atoms with van der Waals surface area (Å²) < 4.78 is 5.03. The van der Waals surface area contributed by atoms with Crippen LogP contribution in [0.5, 0.6) is 0 Å². The van der Waals surface area contributed by atoms with E-state index in [1.54, 1.807) is 0 Å². The Balaban J connectivity index is 1.52. The molecule has 0 bridgehead atoms. The number of imide groups is 1. The van der Waals surface area contributed by atoms with Crippen LogP contribution in [-0.2, 0) is 23.9 Å². The molecular weight excluding hydrogens is 324 g/mol. The van der Waals surface area contributed by atoms with Gasteiger partial charge in [-0.1, -0.05) is 25.0 Å². The summed E-state index contributed by atoms with van der Waals surface area (Å²) in [6.07, 6.45) is 8.93. The largest absolute Gasteiger partial charge is 0.454 e. The van der Waals surface area contributed by atoms with Gasteiger partial charge in [0, 0.05) is 6.04 Å². The number of esters is 1. The van der Waals surface area contributed by atoms with E-state index in [0.29, 0.717) is 12.8 Å². The van der Waals surface area contributed by atoms with Gasteiger partial charge in [-0.05, 0) is 32.6 Å². The number of amides is 3. The zero-order valence-electron chi connectivity index (χ0n) is 14.4. The number of ether oxygens (including phenoxy) is 1. The summed E-state index contributed by atoms with van der Waals surface area (Å²) >= 11 is 0. The molecule has 1 N–H and O–H groups in total. The van der Waals surface area contributed by atoms with E-state index in [0.717, 1.165) is 30.6 Å². The number of carbonyl (C=O) groups excluding carboxylic acids is 4. The lowest BCUT2D eigenvalue weighted by atomic mass is 9.85. The van der Waals surface area contributed by atoms with E-state index >= 15 is 0 Å². The number of allylic oxidation sites excluding steroid dienone is 2. The zero-order chi connectivity index (χ0) is 18.0. The minimum atomic E-state index is -1.01. The van der Waals surface area contributed by atoms with Gasteiger partial charge in [0.25, 0.3) is 5.91 Å². The van der Waals surface area contributed by atoms with E-state index in [1.807, 2.05) is 12.2 Å². The van der Waals surface area contributed by atoms with Gasteiger partial charge in [0.15, 0.2) is 6.61 Å². The van der Waals surface area contributed by atoms with Crippen molar-refractivity contribution in [3.05, 3.63) is 12.2 Å². The van der Waals surface area contributed by atoms with Crippen LogP contribution in [-0.4, -0.2) is 47.3 Å². The summed E-state index contributed by atoms with van der Waals surface area (Å²) in [7, 11) is 0. The molecule has 7 nitrogen and oxygen atoms in total. The second-order valence-electron chi connectivity index (χ2n) is 7.03. The van der Waals surface area contributed by atoms with Crippen LogP contribution in [0.1, 0.15) is 45.4 Å². The minimum absolute atomic E-state index is 0.154. The Hall–Kier alpha value is -2.18. The molecule has 3 aliphatic rings. The number of fused-ring (bicyclic) bond motifs is 1. The van der Waals surface area contributed by atoms with Gasteiger partial charge in [-0.15, -0.1) is 0 Å². The Labute approximate surface area is 146 Å². The first kappa shape index (κ1) is 17.6. The molecular formula is C18H24N2O5. The molecule has 0 spiro atoms. The van der Waals surface area contributed by atoms with Crippen LogP contribution in [0.15, 0.2) is 12.2 Å². The number of hydrogen-bond acceptors (Lipinski definition) is 5. The molecule has 1 saturated heterocycles. The van der Waals surface area contributed by atoms with Crippen molar-refractivity contribution in [1.82, 2.24) is 10.2 Å². The van der Waals surface area contributed by atoms with E-state index in [-0.39, 0.29) is 42.2 Å². The maximum atomic E-state index is 12.4. The fourth-order valence-electron chi connectivity index (χ4n) is 3.91. The summed E-state index contributed by atoms with van der Waals surface area (Å²) in [4.78, 5) is 50.0. The van der Waals surface area contributed by atoms with Gasteiger partial charge >= 0.3 is 5.97 Å².